The summed E-state index contributed by atoms with van der Waals surface area (Å²) in [5, 5.41) is 0. The van der Waals surface area contributed by atoms with Crippen LogP contribution in [-0.2, 0) is 28.6 Å². The minimum atomic E-state index is -0.822. The smallest absolute Gasteiger partial charge is 0.309 e. The van der Waals surface area contributed by atoms with E-state index in [0.29, 0.717) is 12.8 Å². The van der Waals surface area contributed by atoms with E-state index in [-0.39, 0.29) is 31.6 Å². The van der Waals surface area contributed by atoms with Crippen LogP contribution in [0, 0.1) is 0 Å². The first-order valence-electron chi connectivity index (χ1n) is 35.0. The van der Waals surface area contributed by atoms with Crippen molar-refractivity contribution in [2.24, 2.45) is 0 Å². The monoisotopic (exact) mass is 1150 g/mol. The first kappa shape index (κ1) is 78.8. The van der Waals surface area contributed by atoms with Gasteiger partial charge in [-0.15, -0.1) is 0 Å². The van der Waals surface area contributed by atoms with E-state index in [4.69, 9.17) is 14.2 Å². The number of hydrogen-bond donors (Lipinski definition) is 0. The Hall–Kier alpha value is -4.19. The predicted octanol–water partition coefficient (Wildman–Crippen LogP) is 24.3. The maximum atomic E-state index is 12.9. The second-order valence-corrected chi connectivity index (χ2v) is 23.0. The first-order chi connectivity index (χ1) is 41.0. The zero-order valence-corrected chi connectivity index (χ0v) is 54.4. The summed E-state index contributed by atoms with van der Waals surface area (Å²) in [7, 11) is 0. The summed E-state index contributed by atoms with van der Waals surface area (Å²) in [6, 6.07) is 0. The highest BCUT2D eigenvalue weighted by Gasteiger charge is 2.19. The topological polar surface area (TPSA) is 78.9 Å². The zero-order valence-electron chi connectivity index (χ0n) is 54.4. The van der Waals surface area contributed by atoms with E-state index in [9.17, 15) is 14.4 Å². The third-order valence-electron chi connectivity index (χ3n) is 15.0. The van der Waals surface area contributed by atoms with Gasteiger partial charge in [-0.05, 0) is 109 Å². The van der Waals surface area contributed by atoms with Crippen molar-refractivity contribution in [2.75, 3.05) is 13.2 Å². The van der Waals surface area contributed by atoms with Gasteiger partial charge in [-0.3, -0.25) is 14.4 Å². The van der Waals surface area contributed by atoms with Crippen LogP contribution in [0.2, 0.25) is 0 Å². The Labute approximate surface area is 513 Å². The molecule has 0 bridgehead atoms. The van der Waals surface area contributed by atoms with Gasteiger partial charge >= 0.3 is 17.9 Å². The third-order valence-corrected chi connectivity index (χ3v) is 15.0. The molecule has 0 aliphatic rings. The fraction of sp³-hybridized carbons (Fsp3) is 0.701. The molecule has 0 aromatic rings. The van der Waals surface area contributed by atoms with Gasteiger partial charge in [0.2, 0.25) is 0 Å². The van der Waals surface area contributed by atoms with Gasteiger partial charge in [0.1, 0.15) is 13.2 Å². The Balaban J connectivity index is 4.34. The number of carbonyl (C=O) groups excluding carboxylic acids is 3. The van der Waals surface area contributed by atoms with Crippen molar-refractivity contribution < 1.29 is 28.6 Å². The molecular weight excluding hydrogens is 1020 g/mol. The molecule has 0 saturated heterocycles. The maximum absolute atomic E-state index is 12.9. The van der Waals surface area contributed by atoms with Crippen molar-refractivity contribution in [2.45, 2.75) is 335 Å². The van der Waals surface area contributed by atoms with Crippen molar-refractivity contribution in [3.8, 4) is 0 Å². The van der Waals surface area contributed by atoms with Crippen LogP contribution in [0.5, 0.6) is 0 Å². The molecule has 0 aromatic heterocycles. The lowest BCUT2D eigenvalue weighted by molar-refractivity contribution is -0.166. The molecule has 0 heterocycles. The summed E-state index contributed by atoms with van der Waals surface area (Å²) >= 11 is 0. The first-order valence-corrected chi connectivity index (χ1v) is 35.0. The Bertz CT molecular complexity index is 1700. The molecule has 0 aliphatic carbocycles. The zero-order chi connectivity index (χ0) is 59.9. The summed E-state index contributed by atoms with van der Waals surface area (Å²) < 4.78 is 16.9. The second-order valence-electron chi connectivity index (χ2n) is 23.0. The Morgan fingerprint density at radius 3 is 0.855 bits per heavy atom. The van der Waals surface area contributed by atoms with Gasteiger partial charge in [-0.2, -0.15) is 0 Å². The summed E-state index contributed by atoms with van der Waals surface area (Å²) in [5.41, 5.74) is 0. The maximum Gasteiger partial charge on any atom is 0.309 e. The van der Waals surface area contributed by atoms with E-state index in [0.717, 1.165) is 96.3 Å². The normalized spacial score (nSPS) is 12.9. The molecule has 0 N–H and O–H groups in total. The molecule has 0 rings (SSSR count). The number of unbranched alkanes of at least 4 members (excludes halogenated alkanes) is 33. The SMILES string of the molecule is CC/C=C\C/C=C\C/C=C\C/C=C\C/C=C\CC(=O)OCC(COC(=O)CCCCCCCCCCCCCCCCCC/C=C\C/C=C\C/C=C\C/C=C\CC)OC(=O)CCCCCCCCCCC/C=C\CCCCCCCCCC. The number of esters is 3. The summed E-state index contributed by atoms with van der Waals surface area (Å²) in [6.45, 7) is 6.36. The van der Waals surface area contributed by atoms with Crippen LogP contribution in [0.3, 0.4) is 0 Å². The number of hydrogen-bond acceptors (Lipinski definition) is 6. The number of carbonyl (C=O) groups is 3. The molecule has 1 atom stereocenters. The van der Waals surface area contributed by atoms with E-state index in [1.807, 2.05) is 6.08 Å². The minimum absolute atomic E-state index is 0.108. The Morgan fingerprint density at radius 2 is 0.518 bits per heavy atom. The van der Waals surface area contributed by atoms with Gasteiger partial charge in [0.15, 0.2) is 6.10 Å². The number of rotatable bonds is 63. The van der Waals surface area contributed by atoms with Crippen LogP contribution in [0.15, 0.2) is 122 Å². The van der Waals surface area contributed by atoms with E-state index in [1.165, 1.54) is 193 Å². The molecule has 0 radical (unpaired) electrons. The average molecular weight is 1150 g/mol. The van der Waals surface area contributed by atoms with E-state index < -0.39 is 12.1 Å². The molecule has 83 heavy (non-hydrogen) atoms. The molecule has 6 nitrogen and oxygen atoms in total. The summed E-state index contributed by atoms with van der Waals surface area (Å²) in [4.78, 5) is 38.4. The number of ether oxygens (including phenoxy) is 3. The van der Waals surface area contributed by atoms with Gasteiger partial charge in [0.05, 0.1) is 6.42 Å². The fourth-order valence-electron chi connectivity index (χ4n) is 9.80. The second kappa shape index (κ2) is 70.3. The van der Waals surface area contributed by atoms with Crippen LogP contribution >= 0.6 is 0 Å². The van der Waals surface area contributed by atoms with Crippen molar-refractivity contribution >= 4 is 17.9 Å². The minimum Gasteiger partial charge on any atom is -0.462 e. The predicted molar refractivity (Wildman–Crippen MR) is 362 cm³/mol. The van der Waals surface area contributed by atoms with Crippen molar-refractivity contribution in [1.29, 1.82) is 0 Å². The lowest BCUT2D eigenvalue weighted by Gasteiger charge is -2.18. The van der Waals surface area contributed by atoms with Gasteiger partial charge < -0.3 is 14.2 Å². The highest BCUT2D eigenvalue weighted by molar-refractivity contribution is 5.72. The molecule has 0 amide bonds. The van der Waals surface area contributed by atoms with Crippen LogP contribution in [0.1, 0.15) is 329 Å². The molecule has 474 valence electrons. The van der Waals surface area contributed by atoms with Gasteiger partial charge in [-0.1, -0.05) is 322 Å². The quantitative estimate of drug-likeness (QED) is 0.0261. The van der Waals surface area contributed by atoms with Crippen molar-refractivity contribution in [3.05, 3.63) is 122 Å². The highest BCUT2D eigenvalue weighted by atomic mass is 16.6. The summed E-state index contributed by atoms with van der Waals surface area (Å²) in [5.74, 6) is -1.03. The number of allylic oxidation sites excluding steroid dienone is 19. The van der Waals surface area contributed by atoms with Crippen molar-refractivity contribution in [1.82, 2.24) is 0 Å². The Kier molecular flexibility index (Phi) is 66.7. The lowest BCUT2D eigenvalue weighted by Crippen LogP contribution is -2.30. The van der Waals surface area contributed by atoms with Gasteiger partial charge in [0, 0.05) is 12.8 Å². The fourth-order valence-corrected chi connectivity index (χ4v) is 9.80. The largest absolute Gasteiger partial charge is 0.462 e. The molecule has 0 spiro atoms. The van der Waals surface area contributed by atoms with E-state index in [1.54, 1.807) is 6.08 Å². The molecule has 0 saturated carbocycles. The molecular formula is C77H130O6. The van der Waals surface area contributed by atoms with Crippen LogP contribution < -0.4 is 0 Å². The highest BCUT2D eigenvalue weighted by Crippen LogP contribution is 2.17. The Morgan fingerprint density at radius 1 is 0.265 bits per heavy atom. The molecule has 0 aromatic carbocycles. The average Bonchev–Trinajstić information content (AvgIpc) is 3.49. The van der Waals surface area contributed by atoms with Crippen molar-refractivity contribution in [3.63, 3.8) is 0 Å². The molecule has 0 fully saturated rings. The van der Waals surface area contributed by atoms with E-state index >= 15 is 0 Å². The van der Waals surface area contributed by atoms with Gasteiger partial charge in [-0.25, -0.2) is 0 Å². The van der Waals surface area contributed by atoms with Gasteiger partial charge in [0.25, 0.3) is 0 Å². The third kappa shape index (κ3) is 68.5. The van der Waals surface area contributed by atoms with Crippen LogP contribution in [0.25, 0.3) is 0 Å². The molecule has 6 heteroatoms. The molecule has 0 aliphatic heterocycles. The summed E-state index contributed by atoms with van der Waals surface area (Å²) in [6.07, 6.45) is 98.3. The lowest BCUT2D eigenvalue weighted by atomic mass is 10.0. The van der Waals surface area contributed by atoms with Crippen LogP contribution in [-0.4, -0.2) is 37.2 Å². The van der Waals surface area contributed by atoms with Crippen LogP contribution in [0.4, 0.5) is 0 Å². The standard InChI is InChI=1S/C77H130O6/c1-4-7-10-13-16-19-22-25-28-30-32-34-35-36-37-38-39-40-41-43-44-46-49-52-55-58-61-64-67-70-76(79)82-73-74(72-81-75(78)69-66-63-60-57-54-51-48-27-24-21-18-15-12-9-6-3)83-77(80)71-68-65-62-59-56-53-50-47-45-42-33-31-29-26-23-20-17-14-11-8-5-2/h7,9-10,12,16,18-19,21,25,27-28,31-34,48,54,57,63,66,74H,4-6,8,11,13-15,17,20,22-24,26,29-30,35-47,49-53,55-56,58-62,64-65,67-73H2,1-3H3/b10-7-,12-9-,19-16-,21-18-,28-25-,33-31-,34-32-,48-27-,57-54-,66-63-. The van der Waals surface area contributed by atoms with E-state index in [2.05, 4.69) is 130 Å². The molecule has 1 unspecified atom stereocenters.